The van der Waals surface area contributed by atoms with Crippen molar-refractivity contribution in [3.8, 4) is 0 Å². The molecule has 1 heterocycles. The van der Waals surface area contributed by atoms with Gasteiger partial charge in [0.15, 0.2) is 0 Å². The summed E-state index contributed by atoms with van der Waals surface area (Å²) in [5.41, 5.74) is 7.96. The zero-order valence-electron chi connectivity index (χ0n) is 9.46. The summed E-state index contributed by atoms with van der Waals surface area (Å²) in [6.07, 6.45) is 1.59. The van der Waals surface area contributed by atoms with E-state index < -0.39 is 0 Å². The molecule has 1 aromatic rings. The highest BCUT2D eigenvalue weighted by Gasteiger charge is 2.14. The van der Waals surface area contributed by atoms with E-state index in [1.165, 1.54) is 0 Å². The third-order valence-electron chi connectivity index (χ3n) is 2.43. The van der Waals surface area contributed by atoms with Gasteiger partial charge in [0.25, 0.3) is 0 Å². The lowest BCUT2D eigenvalue weighted by Crippen LogP contribution is -2.24. The standard InChI is InChI=1S/C10H18ClN3O/c1-7-9(10(11)14(2)13-7)6-8(12)4-5-15-3/h8H,4-6,12H2,1-3H3. The second kappa shape index (κ2) is 5.49. The summed E-state index contributed by atoms with van der Waals surface area (Å²) in [6, 6.07) is 0.0744. The maximum atomic E-state index is 6.11. The van der Waals surface area contributed by atoms with Crippen molar-refractivity contribution in [2.45, 2.75) is 25.8 Å². The van der Waals surface area contributed by atoms with Gasteiger partial charge in [-0.2, -0.15) is 5.10 Å². The van der Waals surface area contributed by atoms with E-state index in [1.54, 1.807) is 11.8 Å². The van der Waals surface area contributed by atoms with Gasteiger partial charge < -0.3 is 10.5 Å². The topological polar surface area (TPSA) is 53.1 Å². The van der Waals surface area contributed by atoms with Crippen LogP contribution >= 0.6 is 11.6 Å². The van der Waals surface area contributed by atoms with Crippen LogP contribution in [0.1, 0.15) is 17.7 Å². The van der Waals surface area contributed by atoms with Crippen LogP contribution < -0.4 is 5.73 Å². The van der Waals surface area contributed by atoms with Crippen LogP contribution in [0.5, 0.6) is 0 Å². The summed E-state index contributed by atoms with van der Waals surface area (Å²) in [6.45, 7) is 2.63. The lowest BCUT2D eigenvalue weighted by atomic mass is 10.1. The van der Waals surface area contributed by atoms with Crippen LogP contribution in [0.15, 0.2) is 0 Å². The number of halogens is 1. The zero-order chi connectivity index (χ0) is 11.4. The first kappa shape index (κ1) is 12.5. The van der Waals surface area contributed by atoms with Crippen LogP contribution in [0.2, 0.25) is 5.15 Å². The molecule has 1 unspecified atom stereocenters. The molecule has 15 heavy (non-hydrogen) atoms. The van der Waals surface area contributed by atoms with E-state index in [0.717, 1.165) is 24.1 Å². The van der Waals surface area contributed by atoms with Gasteiger partial charge in [0.2, 0.25) is 0 Å². The smallest absolute Gasteiger partial charge is 0.130 e. The molecular formula is C10H18ClN3O. The van der Waals surface area contributed by atoms with Crippen LogP contribution in [0.3, 0.4) is 0 Å². The fraction of sp³-hybridized carbons (Fsp3) is 0.700. The van der Waals surface area contributed by atoms with E-state index in [2.05, 4.69) is 5.10 Å². The summed E-state index contributed by atoms with van der Waals surface area (Å²) in [5, 5.41) is 4.92. The Balaban J connectivity index is 2.63. The highest BCUT2D eigenvalue weighted by molar-refractivity contribution is 6.30. The Morgan fingerprint density at radius 2 is 2.27 bits per heavy atom. The molecule has 0 amide bonds. The van der Waals surface area contributed by atoms with Crippen LogP contribution in [-0.4, -0.2) is 29.5 Å². The maximum absolute atomic E-state index is 6.11. The SMILES string of the molecule is COCCC(N)Cc1c(C)nn(C)c1Cl. The summed E-state index contributed by atoms with van der Waals surface area (Å²) in [4.78, 5) is 0. The molecule has 1 rings (SSSR count). The Labute approximate surface area is 95.3 Å². The molecule has 0 bridgehead atoms. The van der Waals surface area contributed by atoms with Crippen molar-refractivity contribution >= 4 is 11.6 Å². The summed E-state index contributed by atoms with van der Waals surface area (Å²) in [5.74, 6) is 0. The lowest BCUT2D eigenvalue weighted by molar-refractivity contribution is 0.188. The molecule has 0 radical (unpaired) electrons. The number of aryl methyl sites for hydroxylation is 2. The fourth-order valence-corrected chi connectivity index (χ4v) is 1.79. The molecule has 4 nitrogen and oxygen atoms in total. The van der Waals surface area contributed by atoms with Gasteiger partial charge in [-0.1, -0.05) is 11.6 Å². The molecule has 0 spiro atoms. The molecule has 5 heteroatoms. The first-order valence-corrected chi connectivity index (χ1v) is 5.36. The van der Waals surface area contributed by atoms with E-state index in [0.29, 0.717) is 11.8 Å². The number of rotatable bonds is 5. The number of ether oxygens (including phenoxy) is 1. The van der Waals surface area contributed by atoms with Gasteiger partial charge in [-0.15, -0.1) is 0 Å². The van der Waals surface area contributed by atoms with Crippen LogP contribution in [0, 0.1) is 6.92 Å². The van der Waals surface area contributed by atoms with Crippen molar-refractivity contribution in [1.29, 1.82) is 0 Å². The molecule has 0 fully saturated rings. The van der Waals surface area contributed by atoms with Crippen molar-refractivity contribution < 1.29 is 4.74 Å². The quantitative estimate of drug-likeness (QED) is 0.831. The first-order valence-electron chi connectivity index (χ1n) is 4.98. The fourth-order valence-electron chi connectivity index (χ4n) is 1.54. The van der Waals surface area contributed by atoms with Gasteiger partial charge in [-0.05, 0) is 19.8 Å². The Morgan fingerprint density at radius 3 is 2.73 bits per heavy atom. The number of hydrogen-bond donors (Lipinski definition) is 1. The van der Waals surface area contributed by atoms with Gasteiger partial charge >= 0.3 is 0 Å². The predicted molar refractivity (Wildman–Crippen MR) is 61.1 cm³/mol. The minimum atomic E-state index is 0.0744. The Morgan fingerprint density at radius 1 is 1.60 bits per heavy atom. The van der Waals surface area contributed by atoms with Crippen molar-refractivity contribution in [3.05, 3.63) is 16.4 Å². The number of nitrogens with two attached hydrogens (primary N) is 1. The average Bonchev–Trinajstić information content (AvgIpc) is 2.42. The van der Waals surface area contributed by atoms with E-state index in [4.69, 9.17) is 22.1 Å². The zero-order valence-corrected chi connectivity index (χ0v) is 10.2. The summed E-state index contributed by atoms with van der Waals surface area (Å²) in [7, 11) is 3.51. The normalized spacial score (nSPS) is 13.1. The molecule has 2 N–H and O–H groups in total. The maximum Gasteiger partial charge on any atom is 0.130 e. The van der Waals surface area contributed by atoms with Gasteiger partial charge in [0.05, 0.1) is 5.69 Å². The minimum absolute atomic E-state index is 0.0744. The number of methoxy groups -OCH3 is 1. The molecule has 0 aliphatic carbocycles. The monoisotopic (exact) mass is 231 g/mol. The third kappa shape index (κ3) is 3.19. The van der Waals surface area contributed by atoms with Gasteiger partial charge in [0.1, 0.15) is 5.15 Å². The summed E-state index contributed by atoms with van der Waals surface area (Å²) < 4.78 is 6.66. The van der Waals surface area contributed by atoms with Crippen LogP contribution in [0.4, 0.5) is 0 Å². The average molecular weight is 232 g/mol. The molecule has 1 atom stereocenters. The number of hydrogen-bond acceptors (Lipinski definition) is 3. The molecule has 0 saturated carbocycles. The van der Waals surface area contributed by atoms with E-state index in [9.17, 15) is 0 Å². The van der Waals surface area contributed by atoms with E-state index in [1.807, 2.05) is 14.0 Å². The Kier molecular flexibility index (Phi) is 4.57. The van der Waals surface area contributed by atoms with E-state index in [-0.39, 0.29) is 6.04 Å². The van der Waals surface area contributed by atoms with Crippen LogP contribution in [-0.2, 0) is 18.2 Å². The third-order valence-corrected chi connectivity index (χ3v) is 2.90. The van der Waals surface area contributed by atoms with Gasteiger partial charge in [0, 0.05) is 32.4 Å². The van der Waals surface area contributed by atoms with E-state index >= 15 is 0 Å². The molecular weight excluding hydrogens is 214 g/mol. The van der Waals surface area contributed by atoms with Crippen molar-refractivity contribution in [3.63, 3.8) is 0 Å². The molecule has 0 aromatic carbocycles. The minimum Gasteiger partial charge on any atom is -0.385 e. The van der Waals surface area contributed by atoms with Gasteiger partial charge in [-0.25, -0.2) is 0 Å². The first-order chi connectivity index (χ1) is 7.06. The molecule has 0 saturated heterocycles. The predicted octanol–water partition coefficient (Wildman–Crippen LogP) is 1.29. The number of nitrogens with zero attached hydrogens (tertiary/aromatic N) is 2. The van der Waals surface area contributed by atoms with Crippen molar-refractivity contribution in [2.75, 3.05) is 13.7 Å². The van der Waals surface area contributed by atoms with Crippen LogP contribution in [0.25, 0.3) is 0 Å². The van der Waals surface area contributed by atoms with Crippen molar-refractivity contribution in [2.24, 2.45) is 12.8 Å². The second-order valence-corrected chi connectivity index (χ2v) is 4.08. The Hall–Kier alpha value is -0.580. The molecule has 86 valence electrons. The number of aromatic nitrogens is 2. The van der Waals surface area contributed by atoms with Crippen molar-refractivity contribution in [1.82, 2.24) is 9.78 Å². The molecule has 0 aliphatic heterocycles. The highest BCUT2D eigenvalue weighted by atomic mass is 35.5. The summed E-state index contributed by atoms with van der Waals surface area (Å²) >= 11 is 6.11. The largest absolute Gasteiger partial charge is 0.385 e. The second-order valence-electron chi connectivity index (χ2n) is 3.72. The Bertz CT molecular complexity index is 325. The molecule has 0 aliphatic rings. The highest BCUT2D eigenvalue weighted by Crippen LogP contribution is 2.20. The van der Waals surface area contributed by atoms with Gasteiger partial charge in [-0.3, -0.25) is 4.68 Å². The molecule has 1 aromatic heterocycles. The lowest BCUT2D eigenvalue weighted by Gasteiger charge is -2.10.